The largest absolute Gasteiger partial charge is 0.481 e. The predicted molar refractivity (Wildman–Crippen MR) is 36.5 cm³/mol. The number of hydrogen-bond donors (Lipinski definition) is 3. The zero-order valence-electron chi connectivity index (χ0n) is 5.07. The quantitative estimate of drug-likeness (QED) is 0.479. The van der Waals surface area contributed by atoms with Crippen molar-refractivity contribution in [3.8, 4) is 0 Å². The van der Waals surface area contributed by atoms with Crippen LogP contribution in [0.1, 0.15) is 6.42 Å². The zero-order valence-corrected chi connectivity index (χ0v) is 6.23. The molecule has 58 valence electrons. The molecule has 0 spiro atoms. The van der Waals surface area contributed by atoms with Crippen molar-refractivity contribution in [2.45, 2.75) is 12.5 Å². The van der Waals surface area contributed by atoms with E-state index in [2.05, 4.69) is 5.09 Å². The summed E-state index contributed by atoms with van der Waals surface area (Å²) >= 11 is 0. The Balaban J connectivity index is 3.83. The van der Waals surface area contributed by atoms with E-state index in [1.165, 1.54) is 0 Å². The van der Waals surface area contributed by atoms with Gasteiger partial charge in [-0.25, -0.2) is 0 Å². The third-order valence-corrected chi connectivity index (χ3v) is 1.28. The molecule has 0 aromatic carbocycles. The molecule has 0 aromatic rings. The summed E-state index contributed by atoms with van der Waals surface area (Å²) in [4.78, 5) is 20.1. The van der Waals surface area contributed by atoms with Crippen molar-refractivity contribution >= 4 is 21.3 Å². The Hall–Kier alpha value is -0.670. The van der Waals surface area contributed by atoms with Crippen LogP contribution in [0.15, 0.2) is 0 Å². The average molecular weight is 165 g/mol. The zero-order chi connectivity index (χ0) is 8.15. The van der Waals surface area contributed by atoms with Gasteiger partial charge in [-0.15, -0.1) is 0 Å². The lowest BCUT2D eigenvalue weighted by atomic mass is 10.2. The maximum Gasteiger partial charge on any atom is 0.321 e. The molecule has 0 radical (unpaired) electrons. The number of aliphatic carboxylic acids is 2. The van der Waals surface area contributed by atoms with Gasteiger partial charge in [-0.05, 0) is 0 Å². The summed E-state index contributed by atoms with van der Waals surface area (Å²) in [5, 5.41) is 18.7. The molecule has 0 heterocycles. The number of rotatable bonds is 4. The molecule has 0 aliphatic heterocycles. The SMILES string of the molecule is O=C(O)C[C@H](NP)C(=O)O. The average Bonchev–Trinajstić information content (AvgIpc) is 1.81. The number of carboxylic acid groups (broad SMARTS) is 2. The van der Waals surface area contributed by atoms with Crippen LogP contribution in [0.3, 0.4) is 0 Å². The summed E-state index contributed by atoms with van der Waals surface area (Å²) in [7, 11) is 1.96. The van der Waals surface area contributed by atoms with Gasteiger partial charge >= 0.3 is 11.9 Å². The second kappa shape index (κ2) is 4.19. The van der Waals surface area contributed by atoms with Crippen LogP contribution in [0.25, 0.3) is 0 Å². The fourth-order valence-corrected chi connectivity index (χ4v) is 0.653. The highest BCUT2D eigenvalue weighted by Gasteiger charge is 2.17. The maximum absolute atomic E-state index is 10.1. The third kappa shape index (κ3) is 3.37. The highest BCUT2D eigenvalue weighted by molar-refractivity contribution is 7.13. The lowest BCUT2D eigenvalue weighted by Gasteiger charge is -2.05. The van der Waals surface area contributed by atoms with E-state index in [0.717, 1.165) is 0 Å². The molecule has 1 unspecified atom stereocenters. The van der Waals surface area contributed by atoms with Crippen LogP contribution < -0.4 is 5.09 Å². The van der Waals surface area contributed by atoms with Crippen LogP contribution in [0, 0.1) is 0 Å². The molecule has 0 amide bonds. The Morgan fingerprint density at radius 1 is 1.50 bits per heavy atom. The normalized spacial score (nSPS) is 12.5. The van der Waals surface area contributed by atoms with Gasteiger partial charge in [0.05, 0.1) is 6.42 Å². The van der Waals surface area contributed by atoms with Crippen molar-refractivity contribution in [1.82, 2.24) is 5.09 Å². The first-order valence-electron chi connectivity index (χ1n) is 2.48. The van der Waals surface area contributed by atoms with Gasteiger partial charge in [0.25, 0.3) is 0 Å². The first kappa shape index (κ1) is 9.33. The van der Waals surface area contributed by atoms with E-state index < -0.39 is 24.4 Å². The molecule has 6 heteroatoms. The minimum Gasteiger partial charge on any atom is -0.481 e. The van der Waals surface area contributed by atoms with E-state index in [1.807, 2.05) is 9.39 Å². The molecule has 0 bridgehead atoms. The highest BCUT2D eigenvalue weighted by Crippen LogP contribution is 1.93. The summed E-state index contributed by atoms with van der Waals surface area (Å²) in [5.41, 5.74) is 0. The van der Waals surface area contributed by atoms with Crippen molar-refractivity contribution in [1.29, 1.82) is 0 Å². The minimum absolute atomic E-state index is 0.418. The smallest absolute Gasteiger partial charge is 0.321 e. The predicted octanol–water partition coefficient (Wildman–Crippen LogP) is -0.706. The number of carbonyl (C=O) groups is 2. The molecule has 2 atom stereocenters. The minimum atomic E-state index is -1.17. The van der Waals surface area contributed by atoms with Crippen molar-refractivity contribution in [2.24, 2.45) is 0 Å². The summed E-state index contributed by atoms with van der Waals surface area (Å²) in [6.07, 6.45) is -0.418. The van der Waals surface area contributed by atoms with Gasteiger partial charge in [-0.2, -0.15) is 0 Å². The summed E-state index contributed by atoms with van der Waals surface area (Å²) in [5.74, 6) is -2.31. The number of carboxylic acids is 2. The fourth-order valence-electron chi connectivity index (χ4n) is 0.392. The Labute approximate surface area is 59.7 Å². The number of hydrogen-bond acceptors (Lipinski definition) is 3. The van der Waals surface area contributed by atoms with Crippen molar-refractivity contribution < 1.29 is 19.8 Å². The van der Waals surface area contributed by atoms with Gasteiger partial charge < -0.3 is 10.2 Å². The van der Waals surface area contributed by atoms with Crippen LogP contribution in [-0.4, -0.2) is 28.2 Å². The molecule has 0 fully saturated rings. The Bertz CT molecular complexity index is 148. The van der Waals surface area contributed by atoms with E-state index in [0.29, 0.717) is 0 Å². The van der Waals surface area contributed by atoms with E-state index in [9.17, 15) is 9.59 Å². The topological polar surface area (TPSA) is 86.6 Å². The summed E-state index contributed by atoms with van der Waals surface area (Å²) in [6.45, 7) is 0. The molecule has 0 saturated heterocycles. The van der Waals surface area contributed by atoms with Crippen LogP contribution in [-0.2, 0) is 9.59 Å². The number of nitrogens with one attached hydrogen (secondary N) is 1. The third-order valence-electron chi connectivity index (χ3n) is 0.878. The van der Waals surface area contributed by atoms with E-state index >= 15 is 0 Å². The van der Waals surface area contributed by atoms with Crippen molar-refractivity contribution in [3.63, 3.8) is 0 Å². The maximum atomic E-state index is 10.1. The Morgan fingerprint density at radius 2 is 2.00 bits per heavy atom. The van der Waals surface area contributed by atoms with Crippen LogP contribution in [0.4, 0.5) is 0 Å². The summed E-state index contributed by atoms with van der Waals surface area (Å²) < 4.78 is 0. The molecular weight excluding hydrogens is 157 g/mol. The van der Waals surface area contributed by atoms with Gasteiger partial charge in [0.1, 0.15) is 6.04 Å². The van der Waals surface area contributed by atoms with E-state index in [-0.39, 0.29) is 0 Å². The van der Waals surface area contributed by atoms with Gasteiger partial charge in [-0.1, -0.05) is 9.39 Å². The molecule has 10 heavy (non-hydrogen) atoms. The first-order chi connectivity index (χ1) is 4.57. The van der Waals surface area contributed by atoms with Crippen molar-refractivity contribution in [3.05, 3.63) is 0 Å². The molecule has 0 aromatic heterocycles. The molecule has 0 saturated carbocycles. The second-order valence-electron chi connectivity index (χ2n) is 1.66. The lowest BCUT2D eigenvalue weighted by molar-refractivity contribution is -0.145. The Morgan fingerprint density at radius 3 is 2.10 bits per heavy atom. The van der Waals surface area contributed by atoms with Gasteiger partial charge in [0.2, 0.25) is 0 Å². The first-order valence-corrected chi connectivity index (χ1v) is 3.06. The second-order valence-corrected chi connectivity index (χ2v) is 1.99. The van der Waals surface area contributed by atoms with Gasteiger partial charge in [0.15, 0.2) is 0 Å². The highest BCUT2D eigenvalue weighted by atomic mass is 31.0. The van der Waals surface area contributed by atoms with Crippen LogP contribution in [0.2, 0.25) is 0 Å². The molecule has 3 N–H and O–H groups in total. The van der Waals surface area contributed by atoms with Crippen molar-refractivity contribution in [2.75, 3.05) is 0 Å². The van der Waals surface area contributed by atoms with Gasteiger partial charge in [-0.3, -0.25) is 14.7 Å². The Kier molecular flexibility index (Phi) is 3.91. The van der Waals surface area contributed by atoms with E-state index in [1.54, 1.807) is 0 Å². The lowest BCUT2D eigenvalue weighted by Crippen LogP contribution is -2.32. The molecule has 5 nitrogen and oxygen atoms in total. The molecule has 0 aliphatic rings. The van der Waals surface area contributed by atoms with Gasteiger partial charge in [0, 0.05) is 0 Å². The van der Waals surface area contributed by atoms with Crippen LogP contribution in [0.5, 0.6) is 0 Å². The molecule has 0 rings (SSSR count). The van der Waals surface area contributed by atoms with Crippen LogP contribution >= 0.6 is 9.39 Å². The molecule has 0 aliphatic carbocycles. The monoisotopic (exact) mass is 165 g/mol. The fraction of sp³-hybridized carbons (Fsp3) is 0.500. The van der Waals surface area contributed by atoms with E-state index in [4.69, 9.17) is 10.2 Å². The summed E-state index contributed by atoms with van der Waals surface area (Å²) in [6, 6.07) is -1.03. The molecular formula is C4H8NO4P. The standard InChI is InChI=1S/C4H8NO4P/c6-3(7)1-2(5-10)4(8)9/h2,5H,1,10H2,(H,6,7)(H,8,9)/t2-/m0/s1.